The zero-order valence-electron chi connectivity index (χ0n) is 10.8. The van der Waals surface area contributed by atoms with Crippen LogP contribution in [0.3, 0.4) is 0 Å². The van der Waals surface area contributed by atoms with E-state index in [1.807, 2.05) is 0 Å². The average Bonchev–Trinajstić information content (AvgIpc) is 2.92. The molecule has 1 unspecified atom stereocenters. The van der Waals surface area contributed by atoms with E-state index < -0.39 is 11.9 Å². The van der Waals surface area contributed by atoms with Crippen molar-refractivity contribution >= 4 is 23.2 Å². The van der Waals surface area contributed by atoms with Gasteiger partial charge < -0.3 is 14.6 Å². The lowest BCUT2D eigenvalue weighted by molar-refractivity contribution is 0.171. The molecule has 1 aliphatic rings. The van der Waals surface area contributed by atoms with Gasteiger partial charge in [0.1, 0.15) is 5.82 Å². The largest absolute Gasteiger partial charge is 0.454 e. The van der Waals surface area contributed by atoms with Crippen LogP contribution in [0.25, 0.3) is 0 Å². The van der Waals surface area contributed by atoms with Crippen LogP contribution in [0.4, 0.5) is 4.39 Å². The molecular weight excluding hydrogens is 318 g/mol. The van der Waals surface area contributed by atoms with Gasteiger partial charge in [0.05, 0.1) is 16.1 Å². The van der Waals surface area contributed by atoms with Gasteiger partial charge in [-0.1, -0.05) is 35.3 Å². The van der Waals surface area contributed by atoms with Gasteiger partial charge in [-0.2, -0.15) is 0 Å². The minimum atomic E-state index is -0.878. The standard InChI is InChI=1S/C15H11Cl2FO3/c16-10-4-9(6-13-15(10)21-7-20-13)12(19)5-8-2-1-3-11(18)14(8)17/h1-4,6,12,19H,5,7H2. The van der Waals surface area contributed by atoms with Crippen LogP contribution in [0.1, 0.15) is 17.2 Å². The first-order valence-corrected chi connectivity index (χ1v) is 7.02. The minimum absolute atomic E-state index is 0.0170. The van der Waals surface area contributed by atoms with Crippen molar-refractivity contribution in [1.82, 2.24) is 0 Å². The molecule has 1 atom stereocenters. The van der Waals surface area contributed by atoms with Gasteiger partial charge in [-0.05, 0) is 29.3 Å². The summed E-state index contributed by atoms with van der Waals surface area (Å²) in [6.07, 6.45) is -0.705. The van der Waals surface area contributed by atoms with Gasteiger partial charge >= 0.3 is 0 Å². The SMILES string of the molecule is OC(Cc1cccc(F)c1Cl)c1cc(Cl)c2c(c1)OCO2. The highest BCUT2D eigenvalue weighted by Crippen LogP contribution is 2.41. The molecule has 0 spiro atoms. The predicted octanol–water partition coefficient (Wildman–Crippen LogP) is 4.14. The highest BCUT2D eigenvalue weighted by Gasteiger charge is 2.21. The fourth-order valence-corrected chi connectivity index (χ4v) is 2.69. The molecule has 0 saturated carbocycles. The third kappa shape index (κ3) is 2.79. The number of hydrogen-bond donors (Lipinski definition) is 1. The number of halogens is 3. The summed E-state index contributed by atoms with van der Waals surface area (Å²) in [5.41, 5.74) is 1.09. The Bertz CT molecular complexity index is 691. The van der Waals surface area contributed by atoms with E-state index in [4.69, 9.17) is 32.7 Å². The van der Waals surface area contributed by atoms with Crippen LogP contribution in [-0.2, 0) is 6.42 Å². The summed E-state index contributed by atoms with van der Waals surface area (Å²) < 4.78 is 23.9. The Morgan fingerprint density at radius 2 is 2.05 bits per heavy atom. The summed E-state index contributed by atoms with van der Waals surface area (Å²) >= 11 is 12.0. The molecule has 2 aromatic rings. The Hall–Kier alpha value is -1.49. The molecule has 0 saturated heterocycles. The van der Waals surface area contributed by atoms with Crippen molar-refractivity contribution < 1.29 is 19.0 Å². The molecule has 1 aliphatic heterocycles. The van der Waals surface area contributed by atoms with E-state index in [2.05, 4.69) is 0 Å². The fraction of sp³-hybridized carbons (Fsp3) is 0.200. The molecule has 1 heterocycles. The maximum atomic E-state index is 13.4. The van der Waals surface area contributed by atoms with Crippen LogP contribution in [0.2, 0.25) is 10.0 Å². The van der Waals surface area contributed by atoms with E-state index in [1.165, 1.54) is 6.07 Å². The highest BCUT2D eigenvalue weighted by atomic mass is 35.5. The Labute approximate surface area is 130 Å². The topological polar surface area (TPSA) is 38.7 Å². The minimum Gasteiger partial charge on any atom is -0.454 e. The molecule has 2 aromatic carbocycles. The molecule has 0 bridgehead atoms. The third-order valence-electron chi connectivity index (χ3n) is 3.28. The van der Waals surface area contributed by atoms with Crippen LogP contribution >= 0.6 is 23.2 Å². The molecule has 0 radical (unpaired) electrons. The van der Waals surface area contributed by atoms with Gasteiger partial charge in [-0.3, -0.25) is 0 Å². The normalized spacial score (nSPS) is 14.3. The van der Waals surface area contributed by atoms with E-state index in [9.17, 15) is 9.50 Å². The second-order valence-corrected chi connectivity index (χ2v) is 5.45. The van der Waals surface area contributed by atoms with Gasteiger partial charge in [0.15, 0.2) is 11.5 Å². The molecule has 0 aliphatic carbocycles. The number of aliphatic hydroxyl groups is 1. The number of fused-ring (bicyclic) bond motifs is 1. The maximum Gasteiger partial charge on any atom is 0.231 e. The van der Waals surface area contributed by atoms with Crippen molar-refractivity contribution in [3.8, 4) is 11.5 Å². The first-order valence-electron chi connectivity index (χ1n) is 6.26. The van der Waals surface area contributed by atoms with Crippen LogP contribution in [0, 0.1) is 5.82 Å². The number of benzene rings is 2. The summed E-state index contributed by atoms with van der Waals surface area (Å²) in [7, 11) is 0. The molecule has 3 nitrogen and oxygen atoms in total. The summed E-state index contributed by atoms with van der Waals surface area (Å²) in [5, 5.41) is 10.7. The van der Waals surface area contributed by atoms with Crippen LogP contribution < -0.4 is 9.47 Å². The second kappa shape index (κ2) is 5.72. The lowest BCUT2D eigenvalue weighted by Crippen LogP contribution is -2.03. The quantitative estimate of drug-likeness (QED) is 0.920. The highest BCUT2D eigenvalue weighted by molar-refractivity contribution is 6.32. The van der Waals surface area contributed by atoms with Crippen molar-refractivity contribution in [1.29, 1.82) is 0 Å². The number of hydrogen-bond acceptors (Lipinski definition) is 3. The Morgan fingerprint density at radius 3 is 2.86 bits per heavy atom. The summed E-state index contributed by atoms with van der Waals surface area (Å²) in [6, 6.07) is 7.76. The zero-order chi connectivity index (χ0) is 15.0. The molecule has 3 rings (SSSR count). The van der Waals surface area contributed by atoms with E-state index in [0.29, 0.717) is 27.6 Å². The fourth-order valence-electron chi connectivity index (χ4n) is 2.21. The van der Waals surface area contributed by atoms with Gasteiger partial charge in [0, 0.05) is 6.42 Å². The van der Waals surface area contributed by atoms with E-state index in [0.717, 1.165) is 0 Å². The molecule has 110 valence electrons. The van der Waals surface area contributed by atoms with Crippen molar-refractivity contribution in [2.75, 3.05) is 6.79 Å². The van der Waals surface area contributed by atoms with Crippen LogP contribution in [0.5, 0.6) is 11.5 Å². The summed E-state index contributed by atoms with van der Waals surface area (Å²) in [5.74, 6) is 0.448. The van der Waals surface area contributed by atoms with E-state index in [-0.39, 0.29) is 18.2 Å². The second-order valence-electron chi connectivity index (χ2n) is 4.67. The molecular formula is C15H11Cl2FO3. The summed E-state index contributed by atoms with van der Waals surface area (Å²) in [4.78, 5) is 0. The Kier molecular flexibility index (Phi) is 3.93. The van der Waals surface area contributed by atoms with Gasteiger partial charge in [0.25, 0.3) is 0 Å². The number of rotatable bonds is 3. The lowest BCUT2D eigenvalue weighted by atomic mass is 10.0. The van der Waals surface area contributed by atoms with Crippen molar-refractivity contribution in [2.45, 2.75) is 12.5 Å². The number of aliphatic hydroxyl groups excluding tert-OH is 1. The molecule has 6 heteroatoms. The first-order chi connectivity index (χ1) is 10.1. The molecule has 0 amide bonds. The monoisotopic (exact) mass is 328 g/mol. The Balaban J connectivity index is 1.87. The van der Waals surface area contributed by atoms with Crippen molar-refractivity contribution in [2.24, 2.45) is 0 Å². The molecule has 0 fully saturated rings. The van der Waals surface area contributed by atoms with Gasteiger partial charge in [0.2, 0.25) is 6.79 Å². The van der Waals surface area contributed by atoms with Crippen LogP contribution in [0.15, 0.2) is 30.3 Å². The predicted molar refractivity (Wildman–Crippen MR) is 77.6 cm³/mol. The van der Waals surface area contributed by atoms with Crippen molar-refractivity contribution in [3.05, 3.63) is 57.3 Å². The first kappa shape index (κ1) is 14.4. The molecule has 0 aromatic heterocycles. The van der Waals surface area contributed by atoms with Gasteiger partial charge in [-0.25, -0.2) is 4.39 Å². The number of ether oxygens (including phenoxy) is 2. The van der Waals surface area contributed by atoms with Crippen LogP contribution in [-0.4, -0.2) is 11.9 Å². The summed E-state index contributed by atoms with van der Waals surface area (Å²) in [6.45, 7) is 0.102. The maximum absolute atomic E-state index is 13.4. The Morgan fingerprint density at radius 1 is 1.24 bits per heavy atom. The third-order valence-corrected chi connectivity index (χ3v) is 3.98. The zero-order valence-corrected chi connectivity index (χ0v) is 12.3. The van der Waals surface area contributed by atoms with Crippen molar-refractivity contribution in [3.63, 3.8) is 0 Å². The molecule has 1 N–H and O–H groups in total. The average molecular weight is 329 g/mol. The lowest BCUT2D eigenvalue weighted by Gasteiger charge is -2.13. The van der Waals surface area contributed by atoms with Gasteiger partial charge in [-0.15, -0.1) is 0 Å². The smallest absolute Gasteiger partial charge is 0.231 e. The van der Waals surface area contributed by atoms with E-state index in [1.54, 1.807) is 24.3 Å². The van der Waals surface area contributed by atoms with E-state index >= 15 is 0 Å². The molecule has 21 heavy (non-hydrogen) atoms.